The molecule has 3 rings (SSSR count). The van der Waals surface area contributed by atoms with Crippen molar-refractivity contribution in [2.75, 3.05) is 38.0 Å². The Morgan fingerprint density at radius 1 is 0.852 bits per heavy atom. The molecule has 1 aliphatic heterocycles. The molecule has 1 heterocycles. The highest BCUT2D eigenvalue weighted by molar-refractivity contribution is 5.90. The van der Waals surface area contributed by atoms with Crippen LogP contribution >= 0.6 is 0 Å². The first-order valence-corrected chi connectivity index (χ1v) is 9.35. The SMILES string of the molecule is O=C(CCN1CCN(C(=O)NCc2ccccc2)CC1)Nc1ccccc1. The number of rotatable bonds is 6. The molecule has 1 saturated heterocycles. The third kappa shape index (κ3) is 6.11. The zero-order chi connectivity index (χ0) is 18.9. The van der Waals surface area contributed by atoms with Crippen molar-refractivity contribution in [3.63, 3.8) is 0 Å². The van der Waals surface area contributed by atoms with Crippen LogP contribution in [0.2, 0.25) is 0 Å². The van der Waals surface area contributed by atoms with E-state index in [1.54, 1.807) is 0 Å². The van der Waals surface area contributed by atoms with Crippen LogP contribution < -0.4 is 10.6 Å². The Morgan fingerprint density at radius 2 is 1.48 bits per heavy atom. The summed E-state index contributed by atoms with van der Waals surface area (Å²) in [7, 11) is 0. The van der Waals surface area contributed by atoms with E-state index in [9.17, 15) is 9.59 Å². The van der Waals surface area contributed by atoms with Crippen molar-refractivity contribution in [3.05, 3.63) is 66.2 Å². The number of carbonyl (C=O) groups excluding carboxylic acids is 2. The van der Waals surface area contributed by atoms with Gasteiger partial charge >= 0.3 is 6.03 Å². The molecule has 0 unspecified atom stereocenters. The van der Waals surface area contributed by atoms with Gasteiger partial charge in [-0.05, 0) is 17.7 Å². The number of anilines is 1. The molecule has 3 amide bonds. The highest BCUT2D eigenvalue weighted by Gasteiger charge is 2.21. The van der Waals surface area contributed by atoms with E-state index in [0.717, 1.165) is 24.3 Å². The molecule has 6 heteroatoms. The van der Waals surface area contributed by atoms with Gasteiger partial charge in [0.25, 0.3) is 0 Å². The second kappa shape index (κ2) is 9.73. The van der Waals surface area contributed by atoms with Crippen LogP contribution in [0.3, 0.4) is 0 Å². The molecule has 0 saturated carbocycles. The second-order valence-electron chi connectivity index (χ2n) is 6.64. The Labute approximate surface area is 160 Å². The molecule has 2 aromatic rings. The maximum atomic E-state index is 12.3. The van der Waals surface area contributed by atoms with Gasteiger partial charge in [0.2, 0.25) is 5.91 Å². The first kappa shape index (κ1) is 18.9. The van der Waals surface area contributed by atoms with Gasteiger partial charge in [-0.25, -0.2) is 4.79 Å². The third-order valence-corrected chi connectivity index (χ3v) is 4.66. The fraction of sp³-hybridized carbons (Fsp3) is 0.333. The average Bonchev–Trinajstić information content (AvgIpc) is 2.72. The van der Waals surface area contributed by atoms with Gasteiger partial charge in [0, 0.05) is 51.4 Å². The molecule has 0 atom stereocenters. The van der Waals surface area contributed by atoms with Gasteiger partial charge in [0.15, 0.2) is 0 Å². The second-order valence-corrected chi connectivity index (χ2v) is 6.64. The molecule has 1 aliphatic rings. The maximum Gasteiger partial charge on any atom is 0.317 e. The lowest BCUT2D eigenvalue weighted by Gasteiger charge is -2.34. The first-order valence-electron chi connectivity index (χ1n) is 9.35. The van der Waals surface area contributed by atoms with E-state index in [1.807, 2.05) is 65.6 Å². The molecule has 1 fully saturated rings. The van der Waals surface area contributed by atoms with Crippen LogP contribution in [0.15, 0.2) is 60.7 Å². The number of piperazine rings is 1. The quantitative estimate of drug-likeness (QED) is 0.826. The van der Waals surface area contributed by atoms with Crippen LogP contribution in [0.4, 0.5) is 10.5 Å². The normalized spacial score (nSPS) is 14.6. The average molecular weight is 366 g/mol. The third-order valence-electron chi connectivity index (χ3n) is 4.66. The van der Waals surface area contributed by atoms with Gasteiger partial charge < -0.3 is 15.5 Å². The Bertz CT molecular complexity index is 728. The van der Waals surface area contributed by atoms with Crippen molar-refractivity contribution in [2.24, 2.45) is 0 Å². The monoisotopic (exact) mass is 366 g/mol. The summed E-state index contributed by atoms with van der Waals surface area (Å²) in [5.74, 6) is 0.0178. The summed E-state index contributed by atoms with van der Waals surface area (Å²) in [5, 5.41) is 5.87. The van der Waals surface area contributed by atoms with E-state index in [0.29, 0.717) is 32.6 Å². The summed E-state index contributed by atoms with van der Waals surface area (Å²) in [6.45, 7) is 4.19. The van der Waals surface area contributed by atoms with E-state index < -0.39 is 0 Å². The van der Waals surface area contributed by atoms with Crippen molar-refractivity contribution >= 4 is 17.6 Å². The van der Waals surface area contributed by atoms with Gasteiger partial charge in [-0.1, -0.05) is 48.5 Å². The molecule has 6 nitrogen and oxygen atoms in total. The Kier molecular flexibility index (Phi) is 6.82. The van der Waals surface area contributed by atoms with Crippen LogP contribution in [0.5, 0.6) is 0 Å². The van der Waals surface area contributed by atoms with Crippen LogP contribution in [-0.2, 0) is 11.3 Å². The van der Waals surface area contributed by atoms with Crippen molar-refractivity contribution in [1.29, 1.82) is 0 Å². The van der Waals surface area contributed by atoms with E-state index in [-0.39, 0.29) is 11.9 Å². The topological polar surface area (TPSA) is 64.7 Å². The lowest BCUT2D eigenvalue weighted by molar-refractivity contribution is -0.116. The lowest BCUT2D eigenvalue weighted by atomic mass is 10.2. The van der Waals surface area contributed by atoms with E-state index in [2.05, 4.69) is 15.5 Å². The fourth-order valence-corrected chi connectivity index (χ4v) is 3.06. The number of nitrogens with zero attached hydrogens (tertiary/aromatic N) is 2. The number of amides is 3. The molecular weight excluding hydrogens is 340 g/mol. The molecule has 0 aliphatic carbocycles. The van der Waals surface area contributed by atoms with Gasteiger partial charge in [-0.15, -0.1) is 0 Å². The molecule has 2 N–H and O–H groups in total. The van der Waals surface area contributed by atoms with Gasteiger partial charge in [0.05, 0.1) is 0 Å². The number of carbonyl (C=O) groups is 2. The van der Waals surface area contributed by atoms with Crippen LogP contribution in [0, 0.1) is 0 Å². The standard InChI is InChI=1S/C21H26N4O2/c26-20(23-19-9-5-2-6-10-19)11-12-24-13-15-25(16-14-24)21(27)22-17-18-7-3-1-4-8-18/h1-10H,11-17H2,(H,22,27)(H,23,26). The summed E-state index contributed by atoms with van der Waals surface area (Å²) < 4.78 is 0. The molecule has 0 aromatic heterocycles. The van der Waals surface area contributed by atoms with Crippen molar-refractivity contribution in [3.8, 4) is 0 Å². The minimum Gasteiger partial charge on any atom is -0.334 e. The smallest absolute Gasteiger partial charge is 0.317 e. The fourth-order valence-electron chi connectivity index (χ4n) is 3.06. The number of para-hydroxylation sites is 1. The summed E-state index contributed by atoms with van der Waals surface area (Å²) in [5.41, 5.74) is 1.91. The molecule has 0 radical (unpaired) electrons. The molecule has 0 bridgehead atoms. The predicted molar refractivity (Wildman–Crippen MR) is 106 cm³/mol. The number of hydrogen-bond acceptors (Lipinski definition) is 3. The zero-order valence-electron chi connectivity index (χ0n) is 15.4. The predicted octanol–water partition coefficient (Wildman–Crippen LogP) is 2.54. The van der Waals surface area contributed by atoms with Crippen molar-refractivity contribution in [1.82, 2.24) is 15.1 Å². The summed E-state index contributed by atoms with van der Waals surface area (Å²) >= 11 is 0. The van der Waals surface area contributed by atoms with Crippen LogP contribution in [-0.4, -0.2) is 54.5 Å². The highest BCUT2D eigenvalue weighted by Crippen LogP contribution is 2.07. The molecular formula is C21H26N4O2. The highest BCUT2D eigenvalue weighted by atomic mass is 16.2. The summed E-state index contributed by atoms with van der Waals surface area (Å²) in [4.78, 5) is 28.4. The Hall–Kier alpha value is -2.86. The van der Waals surface area contributed by atoms with E-state index >= 15 is 0 Å². The number of benzene rings is 2. The molecule has 27 heavy (non-hydrogen) atoms. The summed E-state index contributed by atoms with van der Waals surface area (Å²) in [6.07, 6.45) is 0.453. The molecule has 142 valence electrons. The van der Waals surface area contributed by atoms with Gasteiger partial charge in [-0.2, -0.15) is 0 Å². The lowest BCUT2D eigenvalue weighted by Crippen LogP contribution is -2.51. The minimum atomic E-state index is -0.0275. The Morgan fingerprint density at radius 3 is 2.15 bits per heavy atom. The number of urea groups is 1. The van der Waals surface area contributed by atoms with Crippen LogP contribution in [0.1, 0.15) is 12.0 Å². The van der Waals surface area contributed by atoms with Crippen molar-refractivity contribution < 1.29 is 9.59 Å². The first-order chi connectivity index (χ1) is 13.2. The van der Waals surface area contributed by atoms with Crippen LogP contribution in [0.25, 0.3) is 0 Å². The zero-order valence-corrected chi connectivity index (χ0v) is 15.4. The number of hydrogen-bond donors (Lipinski definition) is 2. The Balaban J connectivity index is 1.33. The van der Waals surface area contributed by atoms with Crippen molar-refractivity contribution in [2.45, 2.75) is 13.0 Å². The van der Waals surface area contributed by atoms with Gasteiger partial charge in [-0.3, -0.25) is 9.69 Å². The maximum absolute atomic E-state index is 12.3. The molecule has 0 spiro atoms. The number of nitrogens with one attached hydrogen (secondary N) is 2. The molecule has 2 aromatic carbocycles. The minimum absolute atomic E-state index is 0.0178. The van der Waals surface area contributed by atoms with E-state index in [4.69, 9.17) is 0 Å². The summed E-state index contributed by atoms with van der Waals surface area (Å²) in [6, 6.07) is 19.3. The van der Waals surface area contributed by atoms with E-state index in [1.165, 1.54) is 0 Å². The largest absolute Gasteiger partial charge is 0.334 e. The van der Waals surface area contributed by atoms with Gasteiger partial charge in [0.1, 0.15) is 0 Å².